The van der Waals surface area contributed by atoms with Crippen molar-refractivity contribution in [1.82, 2.24) is 5.32 Å². The average Bonchev–Trinajstić information content (AvgIpc) is 3.43. The molecule has 0 aliphatic carbocycles. The van der Waals surface area contributed by atoms with Gasteiger partial charge >= 0.3 is 6.18 Å². The van der Waals surface area contributed by atoms with Crippen LogP contribution in [0.5, 0.6) is 0 Å². The first-order valence-corrected chi connectivity index (χ1v) is 11.5. The number of nitrogens with one attached hydrogen (secondary N) is 2. The molecule has 3 heterocycles. The Morgan fingerprint density at radius 3 is 2.33 bits per heavy atom. The van der Waals surface area contributed by atoms with Gasteiger partial charge in [-0.25, -0.2) is 4.90 Å². The number of amides is 3. The fraction of sp³-hybridized carbons (Fsp3) is 0.222. The Morgan fingerprint density at radius 1 is 0.861 bits per heavy atom. The lowest BCUT2D eigenvalue weighted by Crippen LogP contribution is -2.53. The summed E-state index contributed by atoms with van der Waals surface area (Å²) in [5.74, 6) is -3.83. The normalized spacial score (nSPS) is 26.9. The van der Waals surface area contributed by atoms with E-state index in [1.807, 2.05) is 30.3 Å². The molecule has 1 spiro atoms. The van der Waals surface area contributed by atoms with Crippen LogP contribution in [0.15, 0.2) is 78.9 Å². The largest absolute Gasteiger partial charge is 0.416 e. The van der Waals surface area contributed by atoms with Crippen LogP contribution in [-0.4, -0.2) is 23.8 Å². The Kier molecular flexibility index (Phi) is 4.85. The lowest BCUT2D eigenvalue weighted by molar-refractivity contribution is -0.137. The van der Waals surface area contributed by atoms with E-state index in [1.165, 1.54) is 12.1 Å². The van der Waals surface area contributed by atoms with Gasteiger partial charge in [0.25, 0.3) is 0 Å². The van der Waals surface area contributed by atoms with Gasteiger partial charge in [-0.1, -0.05) is 54.6 Å². The van der Waals surface area contributed by atoms with Gasteiger partial charge in [0.15, 0.2) is 0 Å². The highest BCUT2D eigenvalue weighted by Crippen LogP contribution is 2.54. The molecule has 3 amide bonds. The van der Waals surface area contributed by atoms with E-state index in [-0.39, 0.29) is 5.69 Å². The number of carbonyl (C=O) groups is 3. The van der Waals surface area contributed by atoms with E-state index in [2.05, 4.69) is 10.6 Å². The van der Waals surface area contributed by atoms with Gasteiger partial charge in [0.05, 0.1) is 23.1 Å². The van der Waals surface area contributed by atoms with Gasteiger partial charge in [0.1, 0.15) is 5.54 Å². The predicted octanol–water partition coefficient (Wildman–Crippen LogP) is 3.87. The molecule has 36 heavy (non-hydrogen) atoms. The molecule has 0 bridgehead atoms. The van der Waals surface area contributed by atoms with Crippen LogP contribution in [0.25, 0.3) is 0 Å². The van der Waals surface area contributed by atoms with Gasteiger partial charge in [0, 0.05) is 17.3 Å². The van der Waals surface area contributed by atoms with Crippen LogP contribution in [0, 0.1) is 11.8 Å². The summed E-state index contributed by atoms with van der Waals surface area (Å²) >= 11 is 0. The van der Waals surface area contributed by atoms with Crippen molar-refractivity contribution in [3.8, 4) is 0 Å². The highest BCUT2D eigenvalue weighted by Gasteiger charge is 2.70. The van der Waals surface area contributed by atoms with E-state index in [0.29, 0.717) is 17.7 Å². The first kappa shape index (κ1) is 22.5. The highest BCUT2D eigenvalue weighted by atomic mass is 19.4. The van der Waals surface area contributed by atoms with Gasteiger partial charge in [-0.15, -0.1) is 0 Å². The van der Waals surface area contributed by atoms with E-state index >= 15 is 0 Å². The highest BCUT2D eigenvalue weighted by molar-refractivity contribution is 6.25. The standard InChI is InChI=1S/C27H20F3N3O3/c28-27(29,30)16-9-6-10-17(14-16)33-23(34)21-20(13-15-7-2-1-3-8-15)32-26(22(21)24(33)35)18-11-4-5-12-19(18)31-25(26)36/h1-12,14,20-22,32H,13H2,(H,31,36)/t20-,21+,22-,26+/m0/s1. The average molecular weight is 491 g/mol. The minimum Gasteiger partial charge on any atom is -0.324 e. The third-order valence-corrected chi connectivity index (χ3v) is 7.35. The number of fused-ring (bicyclic) bond motifs is 4. The van der Waals surface area contributed by atoms with Crippen LogP contribution in [0.2, 0.25) is 0 Å². The van der Waals surface area contributed by atoms with Crippen LogP contribution in [0.1, 0.15) is 16.7 Å². The Labute approximate surface area is 204 Å². The molecule has 3 aliphatic heterocycles. The topological polar surface area (TPSA) is 78.5 Å². The van der Waals surface area contributed by atoms with Crippen molar-refractivity contribution in [2.24, 2.45) is 11.8 Å². The number of halogens is 3. The third kappa shape index (κ3) is 3.12. The maximum atomic E-state index is 13.9. The number of rotatable bonds is 3. The smallest absolute Gasteiger partial charge is 0.324 e. The number of hydrogen-bond acceptors (Lipinski definition) is 4. The summed E-state index contributed by atoms with van der Waals surface area (Å²) in [5.41, 5.74) is -0.649. The van der Waals surface area contributed by atoms with Crippen LogP contribution < -0.4 is 15.5 Å². The molecule has 0 unspecified atom stereocenters. The number of para-hydroxylation sites is 1. The third-order valence-electron chi connectivity index (χ3n) is 7.35. The van der Waals surface area contributed by atoms with Gasteiger partial charge in [0.2, 0.25) is 17.7 Å². The first-order valence-electron chi connectivity index (χ1n) is 11.5. The molecule has 182 valence electrons. The lowest BCUT2D eigenvalue weighted by atomic mass is 9.76. The number of nitrogens with zero attached hydrogens (tertiary/aromatic N) is 1. The number of benzene rings is 3. The van der Waals surface area contributed by atoms with Gasteiger partial charge < -0.3 is 5.32 Å². The summed E-state index contributed by atoms with van der Waals surface area (Å²) < 4.78 is 40.2. The summed E-state index contributed by atoms with van der Waals surface area (Å²) in [4.78, 5) is 41.9. The predicted molar refractivity (Wildman–Crippen MR) is 125 cm³/mol. The number of anilines is 2. The second-order valence-corrected chi connectivity index (χ2v) is 9.31. The molecule has 0 radical (unpaired) electrons. The molecule has 4 atom stereocenters. The van der Waals surface area contributed by atoms with Crippen molar-refractivity contribution in [1.29, 1.82) is 0 Å². The van der Waals surface area contributed by atoms with Crippen molar-refractivity contribution >= 4 is 29.1 Å². The van der Waals surface area contributed by atoms with Crippen molar-refractivity contribution in [3.05, 3.63) is 95.6 Å². The monoisotopic (exact) mass is 491 g/mol. The van der Waals surface area contributed by atoms with E-state index in [1.54, 1.807) is 24.3 Å². The SMILES string of the molecule is O=C1[C@@H]2[C@H](Cc3ccccc3)N[C@@]3(C(=O)Nc4ccccc43)[C@@H]2C(=O)N1c1cccc(C(F)(F)F)c1. The second kappa shape index (κ2) is 7.76. The first-order chi connectivity index (χ1) is 17.2. The molecular formula is C27H20F3N3O3. The Morgan fingerprint density at radius 2 is 1.58 bits per heavy atom. The zero-order valence-electron chi connectivity index (χ0n) is 18.8. The van der Waals surface area contributed by atoms with Crippen molar-refractivity contribution < 1.29 is 27.6 Å². The molecule has 9 heteroatoms. The Hall–Kier alpha value is -3.98. The summed E-state index contributed by atoms with van der Waals surface area (Å²) in [5, 5.41) is 6.14. The van der Waals surface area contributed by atoms with Crippen molar-refractivity contribution in [3.63, 3.8) is 0 Å². The minimum absolute atomic E-state index is 0.158. The summed E-state index contributed by atoms with van der Waals surface area (Å²) in [7, 11) is 0. The zero-order valence-corrected chi connectivity index (χ0v) is 18.8. The van der Waals surface area contributed by atoms with Gasteiger partial charge in [-0.05, 0) is 36.2 Å². The van der Waals surface area contributed by atoms with Crippen LogP contribution in [0.3, 0.4) is 0 Å². The maximum absolute atomic E-state index is 13.9. The number of imide groups is 1. The minimum atomic E-state index is -4.64. The molecule has 0 aromatic heterocycles. The number of alkyl halides is 3. The van der Waals surface area contributed by atoms with Crippen molar-refractivity contribution in [2.45, 2.75) is 24.2 Å². The summed E-state index contributed by atoms with van der Waals surface area (Å²) in [6.07, 6.45) is -4.28. The molecule has 2 fully saturated rings. The molecule has 6 rings (SSSR count). The van der Waals surface area contributed by atoms with E-state index in [9.17, 15) is 27.6 Å². The molecular weight excluding hydrogens is 471 g/mol. The summed E-state index contributed by atoms with van der Waals surface area (Å²) in [6.45, 7) is 0. The van der Waals surface area contributed by atoms with E-state index < -0.39 is 52.9 Å². The van der Waals surface area contributed by atoms with Crippen LogP contribution in [-0.2, 0) is 32.5 Å². The van der Waals surface area contributed by atoms with Crippen LogP contribution >= 0.6 is 0 Å². The van der Waals surface area contributed by atoms with E-state index in [0.717, 1.165) is 22.6 Å². The fourth-order valence-electron chi connectivity index (χ4n) is 5.88. The van der Waals surface area contributed by atoms with E-state index in [4.69, 9.17) is 0 Å². The Bertz CT molecular complexity index is 1410. The second-order valence-electron chi connectivity index (χ2n) is 9.31. The van der Waals surface area contributed by atoms with Crippen LogP contribution in [0.4, 0.5) is 24.5 Å². The van der Waals surface area contributed by atoms with Gasteiger partial charge in [-0.2, -0.15) is 13.2 Å². The number of hydrogen-bond donors (Lipinski definition) is 2. The van der Waals surface area contributed by atoms with Gasteiger partial charge in [-0.3, -0.25) is 19.7 Å². The molecule has 2 saturated heterocycles. The lowest BCUT2D eigenvalue weighted by Gasteiger charge is -2.29. The maximum Gasteiger partial charge on any atom is 0.416 e. The zero-order chi connectivity index (χ0) is 25.2. The Balaban J connectivity index is 1.48. The molecule has 3 aromatic carbocycles. The molecule has 3 aromatic rings. The molecule has 2 N–H and O–H groups in total. The molecule has 0 saturated carbocycles. The fourth-order valence-corrected chi connectivity index (χ4v) is 5.88. The quantitative estimate of drug-likeness (QED) is 0.546. The summed E-state index contributed by atoms with van der Waals surface area (Å²) in [6, 6.07) is 19.8. The number of carbonyl (C=O) groups excluding carboxylic acids is 3. The molecule has 3 aliphatic rings. The van der Waals surface area contributed by atoms with Crippen molar-refractivity contribution in [2.75, 3.05) is 10.2 Å². The molecule has 6 nitrogen and oxygen atoms in total.